The summed E-state index contributed by atoms with van der Waals surface area (Å²) in [6.07, 6.45) is -37.9. The lowest BCUT2D eigenvalue weighted by atomic mass is 9.47. The highest BCUT2D eigenvalue weighted by atomic mass is 32.2. The zero-order valence-corrected chi connectivity index (χ0v) is 84.4. The minimum atomic E-state index is -5.40. The molecule has 2 aliphatic heterocycles. The SMILES string of the molecule is C=C(C)C(=O)OC.C=C(C)C(=O)OC.C=C(C)C(=O)OC.C=C(C)C(=O)OC1C2CCCCC2C(C(C)(C(F)(F)F)C(F)(F)F)C2CCCCC21.C=COC.C=COC.CC(CC1CC2CCC1C2)(C(F)(F)F)C(F)(F)F.CC(CC1CC2CCC1CC2)(C(F)(F)F)C(F)(F)F.CC(CC1CC2CCC1S2)(C(F)(F)F)C(F)(F)F.CC(CC1CCCCC1)(C(F)(F)F)C(F)(F)F.CC1(C(F)(F)F)CC2CCC1C2. The van der Waals surface area contributed by atoms with E-state index in [4.69, 9.17) is 4.74 Å². The van der Waals surface area contributed by atoms with Crippen LogP contribution in [0.1, 0.15) is 281 Å². The topological polar surface area (TPSA) is 124 Å². The summed E-state index contributed by atoms with van der Waals surface area (Å²) < 4.78 is 456. The van der Waals surface area contributed by atoms with Crippen molar-refractivity contribution in [2.24, 2.45) is 121 Å². The molecule has 44 heteroatoms. The molecule has 13 rings (SSSR count). The molecule has 0 radical (unpaired) electrons. The maximum Gasteiger partial charge on any atom is 0.403 e. The molecule has 8 bridgehead atoms. The lowest BCUT2D eigenvalue weighted by Crippen LogP contribution is -2.63. The van der Waals surface area contributed by atoms with Crippen LogP contribution in [-0.4, -0.2) is 144 Å². The predicted octanol–water partition coefficient (Wildman–Crippen LogP) is 34.1. The van der Waals surface area contributed by atoms with E-state index >= 15 is 0 Å². The number of carbonyl (C=O) groups is 4. The molecule has 0 aromatic heterocycles. The lowest BCUT2D eigenvalue weighted by Gasteiger charge is -2.59. The number of carbonyl (C=O) groups excluding carboxylic acids is 4. The first-order valence-corrected chi connectivity index (χ1v) is 48.5. The zero-order valence-electron chi connectivity index (χ0n) is 83.6. The molecule has 14 atom stereocenters. The number of halogens is 33. The van der Waals surface area contributed by atoms with Gasteiger partial charge < -0.3 is 28.4 Å². The van der Waals surface area contributed by atoms with Gasteiger partial charge in [-0.1, -0.05) is 130 Å². The number of ether oxygens (including phenoxy) is 6. The number of fused-ring (bicyclic) bond motifs is 11. The predicted molar refractivity (Wildman–Crippen MR) is 475 cm³/mol. The van der Waals surface area contributed by atoms with Gasteiger partial charge >= 0.3 is 91.8 Å². The van der Waals surface area contributed by atoms with Gasteiger partial charge in [0.25, 0.3) is 0 Å². The highest BCUT2D eigenvalue weighted by Gasteiger charge is 2.77. The Balaban J connectivity index is 0.000000556. The zero-order chi connectivity index (χ0) is 111. The third-order valence-electron chi connectivity index (χ3n) is 31.4. The van der Waals surface area contributed by atoms with E-state index < -0.39 is 191 Å². The van der Waals surface area contributed by atoms with Crippen molar-refractivity contribution in [2.45, 2.75) is 366 Å². The average Bonchev–Trinajstić information content (AvgIpc) is 1.42. The molecule has 14 unspecified atom stereocenters. The first-order chi connectivity index (χ1) is 64.8. The van der Waals surface area contributed by atoms with Crippen molar-refractivity contribution in [3.05, 3.63) is 74.3 Å². The summed E-state index contributed by atoms with van der Waals surface area (Å²) in [4.78, 5) is 42.8. The van der Waals surface area contributed by atoms with Gasteiger partial charge in [-0.05, 0) is 279 Å². The lowest BCUT2D eigenvalue weighted by molar-refractivity contribution is -0.372. The summed E-state index contributed by atoms with van der Waals surface area (Å²) >= 11 is 1.57. The molecule has 0 amide bonds. The number of methoxy groups -OCH3 is 5. The summed E-state index contributed by atoms with van der Waals surface area (Å²) in [6, 6.07) is 0. The fourth-order valence-electron chi connectivity index (χ4n) is 22.4. The maximum atomic E-state index is 14.1. The Hall–Kier alpha value is -6.04. The van der Waals surface area contributed by atoms with Gasteiger partial charge in [-0.25, -0.2) is 19.2 Å². The Morgan fingerprint density at radius 2 is 0.643 bits per heavy atom. The first kappa shape index (κ1) is 133. The van der Waals surface area contributed by atoms with Gasteiger partial charge in [0.1, 0.15) is 6.10 Å². The van der Waals surface area contributed by atoms with E-state index in [1.54, 1.807) is 46.8 Å². The Morgan fingerprint density at radius 3 is 0.881 bits per heavy atom. The van der Waals surface area contributed by atoms with Crippen LogP contribution in [-0.2, 0) is 47.6 Å². The van der Waals surface area contributed by atoms with Crippen LogP contribution in [0.4, 0.5) is 145 Å². The van der Waals surface area contributed by atoms with Crippen LogP contribution < -0.4 is 0 Å². The van der Waals surface area contributed by atoms with Crippen molar-refractivity contribution in [3.63, 3.8) is 0 Å². The fourth-order valence-corrected chi connectivity index (χ4v) is 24.3. The molecular weight excluding hydrogens is 2010 g/mol. The molecule has 11 saturated carbocycles. The number of thioether (sulfide) groups is 1. The molecule has 0 spiro atoms. The van der Waals surface area contributed by atoms with E-state index in [1.165, 1.54) is 47.7 Å². The molecule has 2 saturated heterocycles. The van der Waals surface area contributed by atoms with Crippen molar-refractivity contribution in [1.29, 1.82) is 0 Å². The molecule has 0 N–H and O–H groups in total. The number of alkyl halides is 33. The largest absolute Gasteiger partial charge is 0.505 e. The van der Waals surface area contributed by atoms with Gasteiger partial charge in [-0.3, -0.25) is 0 Å². The van der Waals surface area contributed by atoms with Gasteiger partial charge in [-0.15, -0.1) is 0 Å². The molecule has 13 aliphatic rings. The van der Waals surface area contributed by atoms with E-state index in [9.17, 15) is 164 Å². The molecule has 0 aromatic carbocycles. The van der Waals surface area contributed by atoms with E-state index in [2.05, 4.69) is 63.2 Å². The molecule has 0 aromatic rings. The van der Waals surface area contributed by atoms with E-state index in [1.807, 2.05) is 0 Å². The second kappa shape index (κ2) is 53.1. The van der Waals surface area contributed by atoms with E-state index in [-0.39, 0.29) is 58.7 Å². The second-order valence-corrected chi connectivity index (χ2v) is 43.0. The molecule has 13 fully saturated rings. The molecule has 836 valence electrons. The van der Waals surface area contributed by atoms with Gasteiger partial charge in [0, 0.05) is 32.8 Å². The van der Waals surface area contributed by atoms with Gasteiger partial charge in [0.05, 0.1) is 53.5 Å². The maximum absolute atomic E-state index is 14.1. The Morgan fingerprint density at radius 1 is 0.336 bits per heavy atom. The monoisotopic (exact) mass is 2150 g/mol. The number of esters is 4. The van der Waals surface area contributed by atoms with Crippen molar-refractivity contribution in [2.75, 3.05) is 35.5 Å². The highest BCUT2D eigenvalue weighted by molar-refractivity contribution is 8.01. The minimum absolute atomic E-state index is 0.0148. The van der Waals surface area contributed by atoms with Crippen LogP contribution in [0.3, 0.4) is 0 Å². The average molecular weight is 2150 g/mol. The third kappa shape index (κ3) is 34.8. The number of hydrogen-bond donors (Lipinski definition) is 0. The molecule has 10 nitrogen and oxygen atoms in total. The van der Waals surface area contributed by atoms with Crippen molar-refractivity contribution in [1.82, 2.24) is 0 Å². The van der Waals surface area contributed by atoms with Gasteiger partial charge in [0.15, 0.2) is 27.1 Å². The molecule has 2 heterocycles. The quantitative estimate of drug-likeness (QED) is 0.0482. The molecular formula is C99H143F33O10S. The molecule has 11 aliphatic carbocycles. The van der Waals surface area contributed by atoms with Crippen molar-refractivity contribution >= 4 is 35.6 Å². The van der Waals surface area contributed by atoms with Crippen LogP contribution >= 0.6 is 11.8 Å². The van der Waals surface area contributed by atoms with Crippen LogP contribution in [0.25, 0.3) is 0 Å². The third-order valence-corrected chi connectivity index (χ3v) is 33.2. The van der Waals surface area contributed by atoms with E-state index in [0.29, 0.717) is 139 Å². The Kier molecular flexibility index (Phi) is 49.4. The van der Waals surface area contributed by atoms with Crippen molar-refractivity contribution in [3.8, 4) is 0 Å². The smallest absolute Gasteiger partial charge is 0.403 e. The Bertz CT molecular complexity index is 3760. The minimum Gasteiger partial charge on any atom is -0.505 e. The van der Waals surface area contributed by atoms with Crippen molar-refractivity contribution < 1.29 is 192 Å². The summed E-state index contributed by atoms with van der Waals surface area (Å²) in [5.74, 6) is -6.37. The fraction of sp³-hybridized carbons (Fsp3) is 0.838. The van der Waals surface area contributed by atoms with Crippen LogP contribution in [0.15, 0.2) is 74.3 Å². The summed E-state index contributed by atoms with van der Waals surface area (Å²) in [5.41, 5.74) is -17.9. The normalized spacial score (nSPS) is 27.9. The number of rotatable bonds is 16. The van der Waals surface area contributed by atoms with E-state index in [0.717, 1.165) is 109 Å². The molecule has 143 heavy (non-hydrogen) atoms. The van der Waals surface area contributed by atoms with Crippen LogP contribution in [0, 0.1) is 121 Å². The van der Waals surface area contributed by atoms with Crippen LogP contribution in [0.5, 0.6) is 0 Å². The summed E-state index contributed by atoms with van der Waals surface area (Å²) in [5, 5.41) is 0.254. The Labute approximate surface area is 821 Å². The van der Waals surface area contributed by atoms with Crippen LogP contribution in [0.2, 0.25) is 0 Å². The van der Waals surface area contributed by atoms with Gasteiger partial charge in [0.2, 0.25) is 0 Å². The standard InChI is InChI=1S/C22H30F6O2.C13H18F6.C12H16F6.C11H14F6S.C11H16F6.C9H13F3.3C5H8O2.2C3H6O/c1-12(2)19(29)30-18-15-10-6-4-8-13(15)17(14-9-5-7-11-16(14)18)20(3,21(23,24)25)22(26,27)28;1-11(12(14,15)16,13(17,18)19)7-10-6-8-2-4-9(10)5-3-8;1-10(11(13,14)15,12(16,17)18)6-9-5-7-2-3-8(9)4-7;1-9(10(12,13)14,11(15,16)17)5-6-4-7-2-3-8(6)18-7;1-9(10(12,13)14,11(15,16)17)7-8-5-3-2-4-6-8;1-8(9(10,11)12)5-6-2-3-7(8)4-6;3*1-4(2)5(6)7-3;2*1-3-4-2/h13-18H,1,4-11H2,2-3H3;8-10H,2-7H2,1H3;7-9H,2-6H2,1H3;6-8H,2-5H2,1H3;8H,2-7H2,1H3;6-7H,2-5H2,1H3;3*1H2,2-3H3;2*3H,1H2,2H3. The first-order valence-electron chi connectivity index (χ1n) is 47.6. The number of hydrogen-bond acceptors (Lipinski definition) is 11. The van der Waals surface area contributed by atoms with Gasteiger partial charge in [-0.2, -0.15) is 157 Å². The highest BCUT2D eigenvalue weighted by Crippen LogP contribution is 2.69. The summed E-state index contributed by atoms with van der Waals surface area (Å²) in [7, 11) is 7.12. The summed E-state index contributed by atoms with van der Waals surface area (Å²) in [6.45, 7) is 29.4. The second-order valence-electron chi connectivity index (χ2n) is 41.4.